The van der Waals surface area contributed by atoms with Gasteiger partial charge in [-0.05, 0) is 44.0 Å². The van der Waals surface area contributed by atoms with Crippen LogP contribution in [-0.4, -0.2) is 27.3 Å². The van der Waals surface area contributed by atoms with Crippen LogP contribution in [0.5, 0.6) is 0 Å². The third kappa shape index (κ3) is 5.22. The summed E-state index contributed by atoms with van der Waals surface area (Å²) in [4.78, 5) is 15.7. The molecule has 0 fully saturated rings. The van der Waals surface area contributed by atoms with E-state index in [1.165, 1.54) is 38.1 Å². The van der Waals surface area contributed by atoms with Gasteiger partial charge in [-0.2, -0.15) is 13.2 Å². The Hall–Kier alpha value is -2.63. The number of rotatable bonds is 6. The van der Waals surface area contributed by atoms with Gasteiger partial charge >= 0.3 is 6.18 Å². The highest BCUT2D eigenvalue weighted by atomic mass is 32.2. The van der Waals surface area contributed by atoms with Crippen LogP contribution in [0.3, 0.4) is 0 Å². The van der Waals surface area contributed by atoms with E-state index in [2.05, 4.69) is 10.3 Å². The van der Waals surface area contributed by atoms with Crippen molar-refractivity contribution in [1.29, 1.82) is 0 Å². The number of pyridine rings is 1. The number of benzene rings is 1. The molecule has 3 rings (SSSR count). The summed E-state index contributed by atoms with van der Waals surface area (Å²) in [7, 11) is 0. The Morgan fingerprint density at radius 2 is 1.97 bits per heavy atom. The second-order valence-corrected chi connectivity index (χ2v) is 9.01. The molecule has 172 valence electrons. The van der Waals surface area contributed by atoms with Crippen molar-refractivity contribution in [3.05, 3.63) is 69.6 Å². The Morgan fingerprint density at radius 1 is 1.28 bits per heavy atom. The predicted molar refractivity (Wildman–Crippen MR) is 112 cm³/mol. The zero-order valence-electron chi connectivity index (χ0n) is 17.1. The zero-order chi connectivity index (χ0) is 23.8. The average molecular weight is 471 g/mol. The van der Waals surface area contributed by atoms with Crippen molar-refractivity contribution in [2.45, 2.75) is 43.4 Å². The minimum Gasteiger partial charge on any atom is -0.386 e. The van der Waals surface area contributed by atoms with E-state index < -0.39 is 40.5 Å². The standard InChI is InChI=1S/C21H21F4N3O3S/c1-20(2,31)10-6-7-11(13(22)8-10)15-9-12(18(26)30)19(32-15)28-16-5-3-4-14(27-16)17(29)21(23,24)25/h3-8,15,17,29,31H,9H2,1-2H3,(H2,26,30)(H,27,28). The molecule has 0 aliphatic carbocycles. The maximum absolute atomic E-state index is 14.7. The highest BCUT2D eigenvalue weighted by Crippen LogP contribution is 2.48. The molecule has 0 radical (unpaired) electrons. The first-order valence-corrected chi connectivity index (χ1v) is 10.4. The number of thioether (sulfide) groups is 1. The Kier molecular flexibility index (Phi) is 6.55. The monoisotopic (exact) mass is 471 g/mol. The van der Waals surface area contributed by atoms with Gasteiger partial charge in [0.1, 0.15) is 11.6 Å². The smallest absolute Gasteiger partial charge is 0.386 e. The number of nitrogens with one attached hydrogen (secondary N) is 1. The van der Waals surface area contributed by atoms with Crippen molar-refractivity contribution in [2.75, 3.05) is 5.32 Å². The molecular weight excluding hydrogens is 450 g/mol. The van der Waals surface area contributed by atoms with E-state index in [-0.39, 0.29) is 28.4 Å². The molecule has 11 heteroatoms. The lowest BCUT2D eigenvalue weighted by Crippen LogP contribution is -2.21. The summed E-state index contributed by atoms with van der Waals surface area (Å²) in [6, 6.07) is 7.98. The molecule has 1 aromatic heterocycles. The fraction of sp³-hybridized carbons (Fsp3) is 0.333. The molecule has 1 aromatic carbocycles. The summed E-state index contributed by atoms with van der Waals surface area (Å²) in [6.45, 7) is 3.05. The van der Waals surface area contributed by atoms with Crippen molar-refractivity contribution in [1.82, 2.24) is 4.98 Å². The fourth-order valence-electron chi connectivity index (χ4n) is 3.15. The summed E-state index contributed by atoms with van der Waals surface area (Å²) < 4.78 is 53.1. The van der Waals surface area contributed by atoms with Gasteiger partial charge in [0.15, 0.2) is 6.10 Å². The number of aromatic nitrogens is 1. The van der Waals surface area contributed by atoms with Crippen molar-refractivity contribution in [3.63, 3.8) is 0 Å². The molecule has 1 amide bonds. The molecule has 0 saturated carbocycles. The Balaban J connectivity index is 1.85. The summed E-state index contributed by atoms with van der Waals surface area (Å²) in [6.07, 6.45) is -7.56. The van der Waals surface area contributed by atoms with Gasteiger partial charge in [-0.15, -0.1) is 0 Å². The summed E-state index contributed by atoms with van der Waals surface area (Å²) in [5.74, 6) is -1.37. The van der Waals surface area contributed by atoms with Crippen molar-refractivity contribution in [2.24, 2.45) is 5.73 Å². The number of primary amides is 1. The van der Waals surface area contributed by atoms with Crippen molar-refractivity contribution in [3.8, 4) is 0 Å². The quantitative estimate of drug-likeness (QED) is 0.474. The summed E-state index contributed by atoms with van der Waals surface area (Å²) in [5.41, 5.74) is 4.42. The molecule has 2 atom stereocenters. The van der Waals surface area contributed by atoms with Crippen molar-refractivity contribution < 1.29 is 32.6 Å². The van der Waals surface area contributed by atoms with Crippen molar-refractivity contribution >= 4 is 23.5 Å². The highest BCUT2D eigenvalue weighted by molar-refractivity contribution is 8.03. The van der Waals surface area contributed by atoms with Crippen LogP contribution in [-0.2, 0) is 10.4 Å². The van der Waals surface area contributed by atoms with E-state index in [1.54, 1.807) is 6.07 Å². The van der Waals surface area contributed by atoms with E-state index in [4.69, 9.17) is 5.73 Å². The molecule has 32 heavy (non-hydrogen) atoms. The summed E-state index contributed by atoms with van der Waals surface area (Å²) in [5, 5.41) is 21.9. The molecule has 6 nitrogen and oxygen atoms in total. The molecule has 2 aromatic rings. The van der Waals surface area contributed by atoms with Gasteiger partial charge in [0, 0.05) is 16.4 Å². The normalized spacial score (nSPS) is 18.1. The molecule has 2 unspecified atom stereocenters. The Morgan fingerprint density at radius 3 is 2.53 bits per heavy atom. The molecule has 0 spiro atoms. The Bertz CT molecular complexity index is 1070. The molecular formula is C21H21F4N3O3S. The number of amides is 1. The fourth-order valence-corrected chi connectivity index (χ4v) is 4.49. The molecule has 1 aliphatic heterocycles. The first kappa shape index (κ1) is 24.0. The van der Waals surface area contributed by atoms with Crippen LogP contribution in [0.25, 0.3) is 0 Å². The SMILES string of the molecule is CC(C)(O)c1ccc(C2CC(C(N)=O)=C(Nc3cccc(C(O)C(F)(F)F)n3)S2)c(F)c1. The van der Waals surface area contributed by atoms with Crippen LogP contribution in [0.15, 0.2) is 47.0 Å². The number of hydrogen-bond donors (Lipinski definition) is 4. The number of nitrogens with zero attached hydrogens (tertiary/aromatic N) is 1. The number of nitrogens with two attached hydrogens (primary N) is 1. The van der Waals surface area contributed by atoms with Gasteiger partial charge in [-0.1, -0.05) is 30.0 Å². The predicted octanol–water partition coefficient (Wildman–Crippen LogP) is 4.03. The maximum Gasteiger partial charge on any atom is 0.420 e. The van der Waals surface area contributed by atoms with Crippen LogP contribution in [0.1, 0.15) is 48.4 Å². The molecule has 0 saturated heterocycles. The van der Waals surface area contributed by atoms with Crippen LogP contribution >= 0.6 is 11.8 Å². The lowest BCUT2D eigenvalue weighted by atomic mass is 9.95. The van der Waals surface area contributed by atoms with Gasteiger partial charge in [0.05, 0.1) is 16.3 Å². The largest absolute Gasteiger partial charge is 0.420 e. The third-order valence-corrected chi connectivity index (χ3v) is 6.17. The number of aliphatic hydroxyl groups excluding tert-OH is 1. The topological polar surface area (TPSA) is 108 Å². The number of anilines is 1. The van der Waals surface area contributed by atoms with E-state index in [0.717, 1.165) is 17.8 Å². The van der Waals surface area contributed by atoms with Gasteiger partial charge in [0.25, 0.3) is 0 Å². The highest BCUT2D eigenvalue weighted by Gasteiger charge is 2.40. The lowest BCUT2D eigenvalue weighted by molar-refractivity contribution is -0.207. The number of carbonyl (C=O) groups excluding carboxylic acids is 1. The van der Waals surface area contributed by atoms with E-state index in [9.17, 15) is 32.6 Å². The molecule has 1 aliphatic rings. The number of alkyl halides is 3. The van der Waals surface area contributed by atoms with Crippen LogP contribution in [0.4, 0.5) is 23.4 Å². The van der Waals surface area contributed by atoms with E-state index in [1.807, 2.05) is 0 Å². The van der Waals surface area contributed by atoms with Gasteiger partial charge in [0.2, 0.25) is 5.91 Å². The van der Waals surface area contributed by atoms with E-state index >= 15 is 0 Å². The van der Waals surface area contributed by atoms with Gasteiger partial charge < -0.3 is 21.3 Å². The zero-order valence-corrected chi connectivity index (χ0v) is 17.9. The molecule has 2 heterocycles. The number of carbonyl (C=O) groups is 1. The van der Waals surface area contributed by atoms with E-state index in [0.29, 0.717) is 5.56 Å². The van der Waals surface area contributed by atoms with Gasteiger partial charge in [-0.3, -0.25) is 4.79 Å². The molecule has 5 N–H and O–H groups in total. The number of halogens is 4. The third-order valence-electron chi connectivity index (χ3n) is 4.88. The maximum atomic E-state index is 14.7. The summed E-state index contributed by atoms with van der Waals surface area (Å²) >= 11 is 1.08. The Labute approximate surface area is 185 Å². The van der Waals surface area contributed by atoms with Crippen LogP contribution in [0, 0.1) is 5.82 Å². The second-order valence-electron chi connectivity index (χ2n) is 7.79. The second kappa shape index (κ2) is 8.72. The van der Waals surface area contributed by atoms with Crippen LogP contribution in [0.2, 0.25) is 0 Å². The average Bonchev–Trinajstić information content (AvgIpc) is 3.09. The van der Waals surface area contributed by atoms with Crippen LogP contribution < -0.4 is 11.1 Å². The number of hydrogen-bond acceptors (Lipinski definition) is 6. The molecule has 0 bridgehead atoms. The van der Waals surface area contributed by atoms with Gasteiger partial charge in [-0.25, -0.2) is 9.37 Å². The minimum atomic E-state index is -4.89. The first-order chi connectivity index (χ1) is 14.8. The lowest BCUT2D eigenvalue weighted by Gasteiger charge is -2.20. The number of aliphatic hydroxyl groups is 2. The first-order valence-electron chi connectivity index (χ1n) is 9.48. The minimum absolute atomic E-state index is 0.0365.